The summed E-state index contributed by atoms with van der Waals surface area (Å²) in [5.41, 5.74) is 5.90. The van der Waals surface area contributed by atoms with Crippen molar-refractivity contribution in [3.8, 4) is 0 Å². The number of thioether (sulfide) groups is 2. The van der Waals surface area contributed by atoms with E-state index in [0.717, 1.165) is 5.75 Å². The zero-order chi connectivity index (χ0) is 25.3. The van der Waals surface area contributed by atoms with Gasteiger partial charge in [0.1, 0.15) is 22.9 Å². The summed E-state index contributed by atoms with van der Waals surface area (Å²) in [7, 11) is -2.40. The lowest BCUT2D eigenvalue weighted by atomic mass is 10.0. The van der Waals surface area contributed by atoms with Gasteiger partial charge < -0.3 is 34.9 Å². The third kappa shape index (κ3) is 5.82. The lowest BCUT2D eigenvalue weighted by Gasteiger charge is -2.24. The zero-order valence-corrected chi connectivity index (χ0v) is 22.7. The van der Waals surface area contributed by atoms with E-state index in [2.05, 4.69) is 15.0 Å². The summed E-state index contributed by atoms with van der Waals surface area (Å²) in [5, 5.41) is 31.0. The number of ether oxygens (including phenoxy) is 1. The van der Waals surface area contributed by atoms with Crippen molar-refractivity contribution in [3.05, 3.63) is 12.2 Å². The first-order valence-corrected chi connectivity index (χ1v) is 15.3. The van der Waals surface area contributed by atoms with Gasteiger partial charge in [0.25, 0.3) is 0 Å². The van der Waals surface area contributed by atoms with Crippen molar-refractivity contribution >= 4 is 48.5 Å². The number of hydrogen-bond donors (Lipinski definition) is 4. The second-order valence-electron chi connectivity index (χ2n) is 9.13. The molecule has 11 nitrogen and oxygen atoms in total. The third-order valence-electron chi connectivity index (χ3n) is 6.70. The van der Waals surface area contributed by atoms with E-state index in [4.69, 9.17) is 15.0 Å². The SMILES string of the molecule is Cc1nc(N)c2ncn([C@H]3[C@H](O)[C@H](O)[C@@]4(C[PH](=O)OCCSC(C)OCCSC(C)O)C[C@H]34)c2n1. The maximum atomic E-state index is 12.7. The van der Waals surface area contributed by atoms with Gasteiger partial charge in [-0.05, 0) is 33.1 Å². The fourth-order valence-electron chi connectivity index (χ4n) is 5.02. The quantitative estimate of drug-likeness (QED) is 0.163. The lowest BCUT2D eigenvalue weighted by molar-refractivity contribution is -0.0132. The van der Waals surface area contributed by atoms with Gasteiger partial charge in [0, 0.05) is 23.1 Å². The first kappa shape index (κ1) is 27.1. The molecule has 2 aliphatic carbocycles. The first-order chi connectivity index (χ1) is 16.6. The molecule has 0 radical (unpaired) electrons. The number of rotatable bonds is 13. The Morgan fingerprint density at radius 3 is 2.77 bits per heavy atom. The standard InChI is InChI=1S/C21H34N5O6PS2/c1-11-24-19(22)15-20(25-11)26(10-23-15)16-14-8-21(14,18(29)17(16)28)9-33(30)32-5-7-35-13(3)31-4-6-34-12(2)27/h10,12-14,16-18,27-29,33H,4-9H2,1-3H3,(H2,22,24,25)/t12?,13?,14-,16-,17+,18+,21-/m1/s1. The van der Waals surface area contributed by atoms with Crippen molar-refractivity contribution < 1.29 is 29.1 Å². The van der Waals surface area contributed by atoms with Crippen LogP contribution in [-0.4, -0.2) is 88.8 Å². The fourth-order valence-corrected chi connectivity index (χ4v) is 7.99. The summed E-state index contributed by atoms with van der Waals surface area (Å²) in [6.07, 6.45) is 0.423. The molecule has 0 saturated heterocycles. The van der Waals surface area contributed by atoms with Crippen molar-refractivity contribution in [1.29, 1.82) is 0 Å². The molecule has 0 bridgehead atoms. The largest absolute Gasteiger partial charge is 0.390 e. The molecule has 0 aliphatic heterocycles. The van der Waals surface area contributed by atoms with Gasteiger partial charge in [0.05, 0.1) is 37.1 Å². The molecule has 0 amide bonds. The van der Waals surface area contributed by atoms with Crippen LogP contribution in [-0.2, 0) is 13.8 Å². The molecule has 35 heavy (non-hydrogen) atoms. The van der Waals surface area contributed by atoms with Crippen LogP contribution in [0.3, 0.4) is 0 Å². The van der Waals surface area contributed by atoms with Crippen LogP contribution >= 0.6 is 31.6 Å². The van der Waals surface area contributed by atoms with Gasteiger partial charge in [-0.1, -0.05) is 0 Å². The van der Waals surface area contributed by atoms with Gasteiger partial charge in [-0.3, -0.25) is 4.57 Å². The Bertz CT molecular complexity index is 1060. The Morgan fingerprint density at radius 1 is 1.29 bits per heavy atom. The number of aromatic nitrogens is 4. The van der Waals surface area contributed by atoms with Crippen LogP contribution in [0.25, 0.3) is 11.2 Å². The summed E-state index contributed by atoms with van der Waals surface area (Å²) in [6.45, 7) is 6.29. The van der Waals surface area contributed by atoms with Crippen LogP contribution in [0.4, 0.5) is 5.82 Å². The van der Waals surface area contributed by atoms with Gasteiger partial charge in [0.2, 0.25) is 0 Å². The maximum absolute atomic E-state index is 12.7. The van der Waals surface area contributed by atoms with E-state index in [-0.39, 0.29) is 23.3 Å². The smallest absolute Gasteiger partial charge is 0.192 e. The Morgan fingerprint density at radius 2 is 2.03 bits per heavy atom. The minimum atomic E-state index is -2.40. The van der Waals surface area contributed by atoms with E-state index >= 15 is 0 Å². The highest BCUT2D eigenvalue weighted by Gasteiger charge is 2.71. The van der Waals surface area contributed by atoms with E-state index < -0.39 is 37.1 Å². The number of aliphatic hydroxyl groups is 3. The molecule has 8 atom stereocenters. The first-order valence-electron chi connectivity index (χ1n) is 11.7. The fraction of sp³-hybridized carbons (Fsp3) is 0.762. The van der Waals surface area contributed by atoms with Crippen molar-refractivity contribution in [1.82, 2.24) is 19.5 Å². The molecule has 3 unspecified atom stereocenters. The molecular formula is C21H34N5O6PS2. The van der Waals surface area contributed by atoms with Crippen LogP contribution in [0.5, 0.6) is 0 Å². The Balaban J connectivity index is 1.28. The normalized spacial score (nSPS) is 30.3. The maximum Gasteiger partial charge on any atom is 0.192 e. The molecule has 0 aromatic carbocycles. The average Bonchev–Trinajstić information content (AvgIpc) is 3.26. The molecule has 5 N–H and O–H groups in total. The van der Waals surface area contributed by atoms with E-state index in [1.54, 1.807) is 36.5 Å². The predicted molar refractivity (Wildman–Crippen MR) is 138 cm³/mol. The van der Waals surface area contributed by atoms with E-state index in [9.17, 15) is 19.9 Å². The molecule has 2 saturated carbocycles. The average molecular weight is 548 g/mol. The minimum Gasteiger partial charge on any atom is -0.390 e. The van der Waals surface area contributed by atoms with Gasteiger partial charge in [-0.15, -0.1) is 23.5 Å². The van der Waals surface area contributed by atoms with Crippen LogP contribution in [0.15, 0.2) is 6.33 Å². The highest BCUT2D eigenvalue weighted by molar-refractivity contribution is 8.00. The van der Waals surface area contributed by atoms with Crippen molar-refractivity contribution in [2.45, 2.75) is 56.3 Å². The second kappa shape index (κ2) is 11.2. The number of nitrogen functional groups attached to an aromatic ring is 1. The van der Waals surface area contributed by atoms with Gasteiger partial charge in [-0.25, -0.2) is 15.0 Å². The number of nitrogens with two attached hydrogens (primary N) is 1. The Labute approximate surface area is 213 Å². The van der Waals surface area contributed by atoms with E-state index in [0.29, 0.717) is 42.4 Å². The zero-order valence-electron chi connectivity index (χ0n) is 20.0. The molecule has 2 aromatic heterocycles. The number of hydrogen-bond acceptors (Lipinski definition) is 12. The molecule has 0 spiro atoms. The molecule has 196 valence electrons. The van der Waals surface area contributed by atoms with Crippen LogP contribution in [0.1, 0.15) is 32.1 Å². The van der Waals surface area contributed by atoms with E-state index in [1.165, 1.54) is 11.8 Å². The molecule has 2 heterocycles. The summed E-state index contributed by atoms with van der Waals surface area (Å²) in [6, 6.07) is -0.431. The van der Waals surface area contributed by atoms with Crippen LogP contribution in [0, 0.1) is 18.3 Å². The van der Waals surface area contributed by atoms with Crippen LogP contribution < -0.4 is 5.73 Å². The Kier molecular flexibility index (Phi) is 8.70. The number of aliphatic hydroxyl groups excluding tert-OH is 3. The highest BCUT2D eigenvalue weighted by Crippen LogP contribution is 2.70. The van der Waals surface area contributed by atoms with Crippen molar-refractivity contribution in [2.75, 3.05) is 36.6 Å². The molecular weight excluding hydrogens is 513 g/mol. The highest BCUT2D eigenvalue weighted by atomic mass is 32.2. The van der Waals surface area contributed by atoms with Crippen molar-refractivity contribution in [2.24, 2.45) is 11.3 Å². The second-order valence-corrected chi connectivity index (χ2v) is 13.3. The monoisotopic (exact) mass is 547 g/mol. The number of nitrogens with zero attached hydrogens (tertiary/aromatic N) is 4. The predicted octanol–water partition coefficient (Wildman–Crippen LogP) is 1.66. The minimum absolute atomic E-state index is 0.0269. The number of fused-ring (bicyclic) bond motifs is 2. The molecule has 14 heteroatoms. The number of imidazole rings is 1. The molecule has 4 rings (SSSR count). The van der Waals surface area contributed by atoms with Crippen LogP contribution in [0.2, 0.25) is 0 Å². The summed E-state index contributed by atoms with van der Waals surface area (Å²) >= 11 is 3.00. The van der Waals surface area contributed by atoms with Gasteiger partial charge in [0.15, 0.2) is 19.5 Å². The number of aryl methyl sites for hydroxylation is 1. The van der Waals surface area contributed by atoms with Gasteiger partial charge >= 0.3 is 0 Å². The van der Waals surface area contributed by atoms with Crippen molar-refractivity contribution in [3.63, 3.8) is 0 Å². The lowest BCUT2D eigenvalue weighted by Crippen LogP contribution is -2.35. The third-order valence-corrected chi connectivity index (χ3v) is 10.1. The Hall–Kier alpha value is -0.920. The topological polar surface area (TPSA) is 166 Å². The molecule has 2 aromatic rings. The summed E-state index contributed by atoms with van der Waals surface area (Å²) in [4.78, 5) is 12.9. The molecule has 2 aliphatic rings. The summed E-state index contributed by atoms with van der Waals surface area (Å²) < 4.78 is 25.8. The molecule has 2 fully saturated rings. The summed E-state index contributed by atoms with van der Waals surface area (Å²) in [5.74, 6) is 2.08. The van der Waals surface area contributed by atoms with Gasteiger partial charge in [-0.2, -0.15) is 0 Å². The van der Waals surface area contributed by atoms with E-state index in [1.807, 2.05) is 6.92 Å². The number of anilines is 1.